The van der Waals surface area contributed by atoms with Gasteiger partial charge in [-0.05, 0) is 48.6 Å². The van der Waals surface area contributed by atoms with Crippen LogP contribution in [0.3, 0.4) is 0 Å². The Balaban J connectivity index is 1.93. The molecule has 0 atom stereocenters. The quantitative estimate of drug-likeness (QED) is 0.372. The van der Waals surface area contributed by atoms with Gasteiger partial charge in [-0.2, -0.15) is 13.2 Å². The standard InChI is InChI=1S/C24H21ClF4N2O2/c1-14-20(16-8-11-19(26)18(25)12-16)22(33-23(32)30(2)17-9-10-17)31(21(14)24(27,28)29)13-15-6-4-3-5-7-15/h3-8,11-12,17H,9-10,13H2,1-2H3. The summed E-state index contributed by atoms with van der Waals surface area (Å²) in [6.07, 6.45) is -3.87. The summed E-state index contributed by atoms with van der Waals surface area (Å²) in [5.74, 6) is -0.964. The number of benzene rings is 2. The molecule has 0 N–H and O–H groups in total. The average Bonchev–Trinajstić information content (AvgIpc) is 3.56. The number of carbonyl (C=O) groups is 1. The van der Waals surface area contributed by atoms with E-state index in [1.807, 2.05) is 0 Å². The highest BCUT2D eigenvalue weighted by atomic mass is 35.5. The summed E-state index contributed by atoms with van der Waals surface area (Å²) >= 11 is 5.92. The molecule has 0 radical (unpaired) electrons. The van der Waals surface area contributed by atoms with Gasteiger partial charge >= 0.3 is 12.3 Å². The summed E-state index contributed by atoms with van der Waals surface area (Å²) in [5, 5.41) is -0.247. The minimum atomic E-state index is -4.73. The topological polar surface area (TPSA) is 34.5 Å². The Morgan fingerprint density at radius 3 is 2.42 bits per heavy atom. The molecule has 4 nitrogen and oxygen atoms in total. The fraction of sp³-hybridized carbons (Fsp3) is 0.292. The van der Waals surface area contributed by atoms with Crippen molar-refractivity contribution in [2.75, 3.05) is 7.05 Å². The molecular weight excluding hydrogens is 460 g/mol. The molecule has 1 saturated carbocycles. The zero-order valence-electron chi connectivity index (χ0n) is 17.9. The van der Waals surface area contributed by atoms with Crippen LogP contribution in [0, 0.1) is 12.7 Å². The van der Waals surface area contributed by atoms with E-state index in [4.69, 9.17) is 16.3 Å². The van der Waals surface area contributed by atoms with Gasteiger partial charge in [0.05, 0.1) is 11.6 Å². The van der Waals surface area contributed by atoms with Crippen LogP contribution in [0.5, 0.6) is 5.88 Å². The molecule has 2 aromatic carbocycles. The molecule has 1 aromatic heterocycles. The first kappa shape index (κ1) is 23.2. The lowest BCUT2D eigenvalue weighted by Crippen LogP contribution is -2.32. The van der Waals surface area contributed by atoms with Gasteiger partial charge in [-0.15, -0.1) is 0 Å². The Bertz CT molecular complexity index is 1190. The highest BCUT2D eigenvalue weighted by molar-refractivity contribution is 6.31. The smallest absolute Gasteiger partial charge is 0.392 e. The van der Waals surface area contributed by atoms with Crippen LogP contribution in [0.1, 0.15) is 29.7 Å². The van der Waals surface area contributed by atoms with Crippen LogP contribution < -0.4 is 4.74 Å². The summed E-state index contributed by atoms with van der Waals surface area (Å²) in [6.45, 7) is 1.13. The van der Waals surface area contributed by atoms with Crippen LogP contribution in [-0.4, -0.2) is 28.6 Å². The fourth-order valence-corrected chi connectivity index (χ4v) is 4.04. The van der Waals surface area contributed by atoms with Crippen LogP contribution in [0.2, 0.25) is 5.02 Å². The number of nitrogens with zero attached hydrogens (tertiary/aromatic N) is 2. The van der Waals surface area contributed by atoms with Crippen LogP contribution >= 0.6 is 11.6 Å². The Labute approximate surface area is 193 Å². The number of halogens is 5. The molecule has 0 saturated heterocycles. The van der Waals surface area contributed by atoms with Crippen molar-refractivity contribution in [1.82, 2.24) is 9.47 Å². The Hall–Kier alpha value is -3.00. The maximum atomic E-state index is 14.2. The van der Waals surface area contributed by atoms with Gasteiger partial charge in [0, 0.05) is 18.7 Å². The number of hydrogen-bond acceptors (Lipinski definition) is 2. The zero-order valence-corrected chi connectivity index (χ0v) is 18.7. The van der Waals surface area contributed by atoms with Crippen molar-refractivity contribution in [1.29, 1.82) is 0 Å². The molecule has 1 heterocycles. The number of hydrogen-bond donors (Lipinski definition) is 0. The summed E-state index contributed by atoms with van der Waals surface area (Å²) in [6, 6.07) is 12.2. The molecule has 0 spiro atoms. The van der Waals surface area contributed by atoms with Crippen molar-refractivity contribution < 1.29 is 27.1 Å². The monoisotopic (exact) mass is 480 g/mol. The molecule has 0 bridgehead atoms. The van der Waals surface area contributed by atoms with Gasteiger partial charge in [-0.25, -0.2) is 9.18 Å². The Morgan fingerprint density at radius 1 is 1.18 bits per heavy atom. The molecule has 174 valence electrons. The van der Waals surface area contributed by atoms with Crippen LogP contribution in [-0.2, 0) is 12.7 Å². The lowest BCUT2D eigenvalue weighted by atomic mass is 10.0. The van der Waals surface area contributed by atoms with Crippen LogP contribution in [0.15, 0.2) is 48.5 Å². The second-order valence-electron chi connectivity index (χ2n) is 8.06. The molecule has 1 amide bonds. The summed E-state index contributed by atoms with van der Waals surface area (Å²) in [4.78, 5) is 14.2. The predicted octanol–water partition coefficient (Wildman–Crippen LogP) is 6.92. The largest absolute Gasteiger partial charge is 0.431 e. The number of alkyl halides is 3. The SMILES string of the molecule is Cc1c(-c2ccc(F)c(Cl)c2)c(OC(=O)N(C)C2CC2)n(Cc2ccccc2)c1C(F)(F)F. The molecule has 4 rings (SSSR count). The first-order valence-corrected chi connectivity index (χ1v) is 10.7. The summed E-state index contributed by atoms with van der Waals surface area (Å²) < 4.78 is 63.1. The Morgan fingerprint density at radius 2 is 1.85 bits per heavy atom. The van der Waals surface area contributed by atoms with E-state index >= 15 is 0 Å². The number of aromatic nitrogens is 1. The highest BCUT2D eigenvalue weighted by Crippen LogP contribution is 2.45. The number of ether oxygens (including phenoxy) is 1. The summed E-state index contributed by atoms with van der Waals surface area (Å²) in [5.41, 5.74) is -0.239. The van der Waals surface area contributed by atoms with Crippen molar-refractivity contribution in [3.05, 3.63) is 76.2 Å². The number of rotatable bonds is 5. The second kappa shape index (κ2) is 8.74. The van der Waals surface area contributed by atoms with Gasteiger partial charge in [0.2, 0.25) is 5.88 Å². The van der Waals surface area contributed by atoms with E-state index in [0.29, 0.717) is 5.56 Å². The maximum Gasteiger partial charge on any atom is 0.431 e. The van der Waals surface area contributed by atoms with Crippen molar-refractivity contribution in [3.63, 3.8) is 0 Å². The van der Waals surface area contributed by atoms with Crippen molar-refractivity contribution in [2.24, 2.45) is 0 Å². The van der Waals surface area contributed by atoms with E-state index < -0.39 is 23.8 Å². The third kappa shape index (κ3) is 4.71. The molecule has 1 aliphatic rings. The first-order valence-electron chi connectivity index (χ1n) is 10.3. The van der Waals surface area contributed by atoms with Crippen molar-refractivity contribution in [3.8, 4) is 17.0 Å². The van der Waals surface area contributed by atoms with Crippen LogP contribution in [0.25, 0.3) is 11.1 Å². The average molecular weight is 481 g/mol. The molecule has 0 aliphatic heterocycles. The lowest BCUT2D eigenvalue weighted by molar-refractivity contribution is -0.144. The van der Waals surface area contributed by atoms with Crippen molar-refractivity contribution >= 4 is 17.7 Å². The van der Waals surface area contributed by atoms with E-state index in [-0.39, 0.29) is 40.2 Å². The van der Waals surface area contributed by atoms with E-state index in [1.165, 1.54) is 24.0 Å². The van der Waals surface area contributed by atoms with Gasteiger partial charge in [0.1, 0.15) is 11.5 Å². The minimum Gasteiger partial charge on any atom is -0.392 e. The zero-order chi connectivity index (χ0) is 23.9. The van der Waals surface area contributed by atoms with Gasteiger partial charge in [-0.3, -0.25) is 0 Å². The maximum absolute atomic E-state index is 14.2. The Kier molecular flexibility index (Phi) is 6.14. The number of amides is 1. The molecule has 1 fully saturated rings. The van der Waals surface area contributed by atoms with E-state index in [9.17, 15) is 22.4 Å². The summed E-state index contributed by atoms with van der Waals surface area (Å²) in [7, 11) is 1.55. The van der Waals surface area contributed by atoms with E-state index in [0.717, 1.165) is 23.5 Å². The molecule has 3 aromatic rings. The van der Waals surface area contributed by atoms with Gasteiger partial charge in [0.25, 0.3) is 0 Å². The van der Waals surface area contributed by atoms with E-state index in [1.54, 1.807) is 37.4 Å². The highest BCUT2D eigenvalue weighted by Gasteiger charge is 2.41. The van der Waals surface area contributed by atoms with E-state index in [2.05, 4.69) is 0 Å². The number of carbonyl (C=O) groups excluding carboxylic acids is 1. The van der Waals surface area contributed by atoms with Gasteiger partial charge < -0.3 is 14.2 Å². The van der Waals surface area contributed by atoms with Crippen LogP contribution in [0.4, 0.5) is 22.4 Å². The molecule has 33 heavy (non-hydrogen) atoms. The van der Waals surface area contributed by atoms with Crippen molar-refractivity contribution in [2.45, 2.75) is 38.5 Å². The predicted molar refractivity (Wildman–Crippen MR) is 117 cm³/mol. The molecule has 1 aliphatic carbocycles. The molecular formula is C24H21ClF4N2O2. The fourth-order valence-electron chi connectivity index (χ4n) is 3.86. The van der Waals surface area contributed by atoms with Gasteiger partial charge in [-0.1, -0.05) is 48.0 Å². The third-order valence-electron chi connectivity index (χ3n) is 5.69. The van der Waals surface area contributed by atoms with Gasteiger partial charge in [0.15, 0.2) is 0 Å². The normalized spacial score (nSPS) is 13.8. The second-order valence-corrected chi connectivity index (χ2v) is 8.47. The molecule has 9 heteroatoms. The first-order chi connectivity index (χ1) is 15.6. The molecule has 0 unspecified atom stereocenters. The lowest BCUT2D eigenvalue weighted by Gasteiger charge is -2.19. The minimum absolute atomic E-state index is 0.00179. The third-order valence-corrected chi connectivity index (χ3v) is 5.98.